The molecule has 0 aliphatic carbocycles. The van der Waals surface area contributed by atoms with Crippen LogP contribution in [0, 0.1) is 11.6 Å². The first-order valence-electron chi connectivity index (χ1n) is 7.15. The standard InChI is InChI=1S/C16H12F8N2/c17-13-2-1-10(14(18)6-13)8-26-25-7-9-3-11(15(19,20)21)5-12(4-9)16(22,23)24/h1-6,25-26H,7-8H2. The van der Waals surface area contributed by atoms with Gasteiger partial charge in [0.15, 0.2) is 0 Å². The van der Waals surface area contributed by atoms with Gasteiger partial charge in [0, 0.05) is 24.7 Å². The Morgan fingerprint density at radius 3 is 1.73 bits per heavy atom. The van der Waals surface area contributed by atoms with E-state index < -0.39 is 35.1 Å². The summed E-state index contributed by atoms with van der Waals surface area (Å²) >= 11 is 0. The Labute approximate surface area is 142 Å². The van der Waals surface area contributed by atoms with Gasteiger partial charge < -0.3 is 0 Å². The van der Waals surface area contributed by atoms with E-state index in [0.717, 1.165) is 12.1 Å². The second-order valence-corrected chi connectivity index (χ2v) is 5.36. The van der Waals surface area contributed by atoms with Crippen LogP contribution in [0.25, 0.3) is 0 Å². The van der Waals surface area contributed by atoms with Gasteiger partial charge in [-0.25, -0.2) is 8.78 Å². The third kappa shape index (κ3) is 5.40. The number of rotatable bonds is 5. The van der Waals surface area contributed by atoms with Crippen LogP contribution < -0.4 is 10.9 Å². The monoisotopic (exact) mass is 384 g/mol. The Morgan fingerprint density at radius 1 is 0.692 bits per heavy atom. The molecular formula is C16H12F8N2. The van der Waals surface area contributed by atoms with Crippen molar-refractivity contribution in [3.05, 3.63) is 70.3 Å². The van der Waals surface area contributed by atoms with E-state index in [2.05, 4.69) is 10.9 Å². The van der Waals surface area contributed by atoms with Gasteiger partial charge in [-0.3, -0.25) is 10.9 Å². The fourth-order valence-electron chi connectivity index (χ4n) is 2.11. The van der Waals surface area contributed by atoms with Crippen LogP contribution in [0.3, 0.4) is 0 Å². The maximum Gasteiger partial charge on any atom is 0.416 e. The zero-order chi connectivity index (χ0) is 19.5. The molecule has 0 amide bonds. The molecule has 0 saturated carbocycles. The molecule has 0 aromatic heterocycles. The van der Waals surface area contributed by atoms with Crippen molar-refractivity contribution in [1.82, 2.24) is 10.9 Å². The molecule has 0 bridgehead atoms. The molecular weight excluding hydrogens is 372 g/mol. The van der Waals surface area contributed by atoms with Crippen LogP contribution in [0.2, 0.25) is 0 Å². The Hall–Kier alpha value is -2.20. The third-order valence-corrected chi connectivity index (χ3v) is 3.36. The number of benzene rings is 2. The summed E-state index contributed by atoms with van der Waals surface area (Å²) in [5, 5.41) is 0. The van der Waals surface area contributed by atoms with E-state index in [1.165, 1.54) is 0 Å². The maximum absolute atomic E-state index is 13.4. The quantitative estimate of drug-likeness (QED) is 0.440. The molecule has 142 valence electrons. The van der Waals surface area contributed by atoms with Crippen LogP contribution in [0.15, 0.2) is 36.4 Å². The second-order valence-electron chi connectivity index (χ2n) is 5.36. The zero-order valence-electron chi connectivity index (χ0n) is 12.9. The molecule has 2 aromatic carbocycles. The highest BCUT2D eigenvalue weighted by atomic mass is 19.4. The van der Waals surface area contributed by atoms with Gasteiger partial charge in [0.1, 0.15) is 11.6 Å². The lowest BCUT2D eigenvalue weighted by atomic mass is 10.0. The highest BCUT2D eigenvalue weighted by Gasteiger charge is 2.36. The van der Waals surface area contributed by atoms with E-state index in [9.17, 15) is 35.1 Å². The van der Waals surface area contributed by atoms with Gasteiger partial charge in [-0.2, -0.15) is 26.3 Å². The molecule has 0 unspecified atom stereocenters. The molecule has 2 nitrogen and oxygen atoms in total. The molecule has 0 atom stereocenters. The average Bonchev–Trinajstić information content (AvgIpc) is 2.51. The molecule has 2 rings (SSSR count). The first kappa shape index (κ1) is 20.1. The van der Waals surface area contributed by atoms with Crippen molar-refractivity contribution in [3.63, 3.8) is 0 Å². The summed E-state index contributed by atoms with van der Waals surface area (Å²) in [7, 11) is 0. The fourth-order valence-corrected chi connectivity index (χ4v) is 2.11. The van der Waals surface area contributed by atoms with Crippen LogP contribution in [-0.4, -0.2) is 0 Å². The third-order valence-electron chi connectivity index (χ3n) is 3.36. The largest absolute Gasteiger partial charge is 0.416 e. The molecule has 0 spiro atoms. The molecule has 0 aliphatic rings. The number of nitrogens with one attached hydrogen (secondary N) is 2. The number of halogens is 8. The second kappa shape index (κ2) is 7.58. The SMILES string of the molecule is Fc1ccc(CNNCc2cc(C(F)(F)F)cc(C(F)(F)F)c2)c(F)c1. The summed E-state index contributed by atoms with van der Waals surface area (Å²) in [4.78, 5) is 0. The minimum Gasteiger partial charge on any atom is -0.253 e. The molecule has 0 radical (unpaired) electrons. The van der Waals surface area contributed by atoms with E-state index >= 15 is 0 Å². The van der Waals surface area contributed by atoms with E-state index in [0.29, 0.717) is 18.2 Å². The van der Waals surface area contributed by atoms with Crippen molar-refractivity contribution < 1.29 is 35.1 Å². The van der Waals surface area contributed by atoms with E-state index in [-0.39, 0.29) is 30.3 Å². The summed E-state index contributed by atoms with van der Waals surface area (Å²) in [6.45, 7) is -0.535. The Morgan fingerprint density at radius 2 is 1.23 bits per heavy atom. The van der Waals surface area contributed by atoms with Crippen molar-refractivity contribution in [2.75, 3.05) is 0 Å². The van der Waals surface area contributed by atoms with Crippen LogP contribution in [-0.2, 0) is 25.4 Å². The number of alkyl halides is 6. The Balaban J connectivity index is 2.06. The molecule has 26 heavy (non-hydrogen) atoms. The van der Waals surface area contributed by atoms with Crippen LogP contribution in [0.5, 0.6) is 0 Å². The molecule has 0 heterocycles. The predicted octanol–water partition coefficient (Wildman–Crippen LogP) is 4.80. The summed E-state index contributed by atoms with van der Waals surface area (Å²) in [6, 6.07) is 4.03. The van der Waals surface area contributed by atoms with Gasteiger partial charge >= 0.3 is 12.4 Å². The summed E-state index contributed by atoms with van der Waals surface area (Å²) in [5.74, 6) is -1.61. The summed E-state index contributed by atoms with van der Waals surface area (Å²) < 4.78 is 103. The topological polar surface area (TPSA) is 24.1 Å². The lowest BCUT2D eigenvalue weighted by molar-refractivity contribution is -0.143. The summed E-state index contributed by atoms with van der Waals surface area (Å²) in [6.07, 6.45) is -9.86. The predicted molar refractivity (Wildman–Crippen MR) is 76.5 cm³/mol. The van der Waals surface area contributed by atoms with Crippen molar-refractivity contribution >= 4 is 0 Å². The summed E-state index contributed by atoms with van der Waals surface area (Å²) in [5.41, 5.74) is 1.81. The average molecular weight is 384 g/mol. The fraction of sp³-hybridized carbons (Fsp3) is 0.250. The van der Waals surface area contributed by atoms with Crippen molar-refractivity contribution in [3.8, 4) is 0 Å². The van der Waals surface area contributed by atoms with E-state index in [4.69, 9.17) is 0 Å². The molecule has 0 aliphatic heterocycles. The Kier molecular flexibility index (Phi) is 5.87. The van der Waals surface area contributed by atoms with Crippen LogP contribution in [0.4, 0.5) is 35.1 Å². The zero-order valence-corrected chi connectivity index (χ0v) is 12.9. The van der Waals surface area contributed by atoms with Gasteiger partial charge in [-0.05, 0) is 29.8 Å². The van der Waals surface area contributed by atoms with Gasteiger partial charge in [0.2, 0.25) is 0 Å². The number of hydrogen-bond acceptors (Lipinski definition) is 2. The first-order chi connectivity index (χ1) is 12.0. The van der Waals surface area contributed by atoms with Gasteiger partial charge in [0.05, 0.1) is 11.1 Å². The minimum absolute atomic E-state index is 0.0326. The normalized spacial score (nSPS) is 12.5. The maximum atomic E-state index is 13.4. The van der Waals surface area contributed by atoms with Gasteiger partial charge in [-0.15, -0.1) is 0 Å². The molecule has 0 fully saturated rings. The van der Waals surface area contributed by atoms with Crippen LogP contribution in [0.1, 0.15) is 22.3 Å². The highest BCUT2D eigenvalue weighted by molar-refractivity contribution is 5.33. The Bertz CT molecular complexity index is 736. The van der Waals surface area contributed by atoms with Crippen LogP contribution >= 0.6 is 0 Å². The van der Waals surface area contributed by atoms with E-state index in [1.807, 2.05) is 0 Å². The molecule has 0 saturated heterocycles. The lowest BCUT2D eigenvalue weighted by Gasteiger charge is -2.15. The molecule has 10 heteroatoms. The van der Waals surface area contributed by atoms with Crippen molar-refractivity contribution in [2.24, 2.45) is 0 Å². The number of hydrazine groups is 1. The van der Waals surface area contributed by atoms with Gasteiger partial charge in [0.25, 0.3) is 0 Å². The van der Waals surface area contributed by atoms with Crippen molar-refractivity contribution in [2.45, 2.75) is 25.4 Å². The number of hydrogen-bond donors (Lipinski definition) is 2. The highest BCUT2D eigenvalue weighted by Crippen LogP contribution is 2.36. The molecule has 2 aromatic rings. The minimum atomic E-state index is -4.93. The first-order valence-corrected chi connectivity index (χ1v) is 7.15. The van der Waals surface area contributed by atoms with Crippen molar-refractivity contribution in [1.29, 1.82) is 0 Å². The van der Waals surface area contributed by atoms with E-state index in [1.54, 1.807) is 0 Å². The van der Waals surface area contributed by atoms with Gasteiger partial charge in [-0.1, -0.05) is 6.07 Å². The lowest BCUT2D eigenvalue weighted by Crippen LogP contribution is -2.31. The molecule has 2 N–H and O–H groups in total. The smallest absolute Gasteiger partial charge is 0.253 e.